The minimum Gasteiger partial charge on any atom is -0.344 e. The molecule has 2 heterocycles. The van der Waals surface area contributed by atoms with Gasteiger partial charge in [0.25, 0.3) is 0 Å². The summed E-state index contributed by atoms with van der Waals surface area (Å²) in [6, 6.07) is 4.23. The lowest BCUT2D eigenvalue weighted by molar-refractivity contribution is 0.836. The molecule has 0 aliphatic carbocycles. The zero-order valence-corrected chi connectivity index (χ0v) is 12.1. The topological polar surface area (TPSA) is 29.0 Å². The highest BCUT2D eigenvalue weighted by Crippen LogP contribution is 2.14. The summed E-state index contributed by atoms with van der Waals surface area (Å²) in [4.78, 5) is 12.3. The molecule has 0 radical (unpaired) electrons. The quantitative estimate of drug-likeness (QED) is 0.788. The van der Waals surface area contributed by atoms with E-state index in [1.54, 1.807) is 11.3 Å². The Labute approximate surface area is 116 Å². The molecule has 18 heavy (non-hydrogen) atoms. The van der Waals surface area contributed by atoms with E-state index in [-0.39, 0.29) is 0 Å². The fourth-order valence-electron chi connectivity index (χ4n) is 1.63. The Hall–Kier alpha value is -1.13. The van der Waals surface area contributed by atoms with Crippen LogP contribution in [0.1, 0.15) is 16.1 Å². The van der Waals surface area contributed by atoms with E-state index >= 15 is 0 Å². The summed E-state index contributed by atoms with van der Waals surface area (Å²) in [6.07, 6.45) is 2.83. The molecule has 2 aromatic rings. The lowest BCUT2D eigenvalue weighted by Gasteiger charge is -2.17. The van der Waals surface area contributed by atoms with Gasteiger partial charge in [0, 0.05) is 35.9 Å². The SMILES string of the molecule is Cc1nc(N(C)CCc2cccs2)ncc1CCl. The second-order valence-corrected chi connectivity index (χ2v) is 5.46. The zero-order chi connectivity index (χ0) is 13.0. The summed E-state index contributed by atoms with van der Waals surface area (Å²) in [6.45, 7) is 2.89. The smallest absolute Gasteiger partial charge is 0.225 e. The molecule has 0 aromatic carbocycles. The lowest BCUT2D eigenvalue weighted by Crippen LogP contribution is -2.22. The van der Waals surface area contributed by atoms with E-state index in [0.29, 0.717) is 5.88 Å². The number of nitrogens with zero attached hydrogens (tertiary/aromatic N) is 3. The number of anilines is 1. The predicted octanol–water partition coefficient (Wildman–Crippen LogP) is 3.26. The Morgan fingerprint density at radius 2 is 2.28 bits per heavy atom. The molecule has 0 unspecified atom stereocenters. The third kappa shape index (κ3) is 3.21. The average molecular weight is 282 g/mol. The van der Waals surface area contributed by atoms with Crippen molar-refractivity contribution < 1.29 is 0 Å². The van der Waals surface area contributed by atoms with Crippen molar-refractivity contribution in [3.05, 3.63) is 39.8 Å². The van der Waals surface area contributed by atoms with Gasteiger partial charge in [-0.2, -0.15) is 0 Å². The predicted molar refractivity (Wildman–Crippen MR) is 77.6 cm³/mol. The van der Waals surface area contributed by atoms with Crippen LogP contribution in [0.2, 0.25) is 0 Å². The number of alkyl halides is 1. The van der Waals surface area contributed by atoms with Crippen LogP contribution in [0, 0.1) is 6.92 Å². The van der Waals surface area contributed by atoms with Crippen molar-refractivity contribution in [3.63, 3.8) is 0 Å². The molecule has 5 heteroatoms. The maximum Gasteiger partial charge on any atom is 0.225 e. The summed E-state index contributed by atoms with van der Waals surface area (Å²) < 4.78 is 0. The molecular weight excluding hydrogens is 266 g/mol. The van der Waals surface area contributed by atoms with Crippen LogP contribution in [0.4, 0.5) is 5.95 Å². The molecule has 0 fully saturated rings. The highest BCUT2D eigenvalue weighted by molar-refractivity contribution is 7.09. The van der Waals surface area contributed by atoms with E-state index in [9.17, 15) is 0 Å². The first kappa shape index (κ1) is 13.3. The van der Waals surface area contributed by atoms with E-state index in [1.807, 2.05) is 20.2 Å². The Morgan fingerprint density at radius 3 is 2.89 bits per heavy atom. The number of rotatable bonds is 5. The standard InChI is InChI=1S/C13H16ClN3S/c1-10-11(8-14)9-15-13(16-10)17(2)6-5-12-4-3-7-18-12/h3-4,7,9H,5-6,8H2,1-2H3. The van der Waals surface area contributed by atoms with Gasteiger partial charge in [0.2, 0.25) is 5.95 Å². The third-order valence-corrected chi connectivity index (χ3v) is 4.05. The maximum absolute atomic E-state index is 5.80. The fraction of sp³-hybridized carbons (Fsp3) is 0.385. The highest BCUT2D eigenvalue weighted by Gasteiger charge is 2.07. The van der Waals surface area contributed by atoms with Crippen LogP contribution in [-0.4, -0.2) is 23.6 Å². The van der Waals surface area contributed by atoms with Crippen molar-refractivity contribution in [2.45, 2.75) is 19.2 Å². The molecule has 2 rings (SSSR count). The van der Waals surface area contributed by atoms with E-state index < -0.39 is 0 Å². The van der Waals surface area contributed by atoms with Crippen molar-refractivity contribution in [2.24, 2.45) is 0 Å². The first-order chi connectivity index (χ1) is 8.70. The fourth-order valence-corrected chi connectivity index (χ4v) is 2.59. The van der Waals surface area contributed by atoms with E-state index in [4.69, 9.17) is 11.6 Å². The normalized spacial score (nSPS) is 10.6. The molecule has 0 saturated carbocycles. The van der Waals surface area contributed by atoms with Crippen molar-refractivity contribution in [1.82, 2.24) is 9.97 Å². The largest absolute Gasteiger partial charge is 0.344 e. The monoisotopic (exact) mass is 281 g/mol. The van der Waals surface area contributed by atoms with Gasteiger partial charge in [-0.3, -0.25) is 0 Å². The van der Waals surface area contributed by atoms with Crippen LogP contribution < -0.4 is 4.90 Å². The third-order valence-electron chi connectivity index (χ3n) is 2.83. The molecule has 0 atom stereocenters. The number of likely N-dealkylation sites (N-methyl/N-ethyl adjacent to an activating group) is 1. The summed E-state index contributed by atoms with van der Waals surface area (Å²) >= 11 is 7.58. The van der Waals surface area contributed by atoms with Crippen molar-refractivity contribution in [2.75, 3.05) is 18.5 Å². The Bertz CT molecular complexity index is 499. The molecule has 0 N–H and O–H groups in total. The number of halogens is 1. The summed E-state index contributed by atoms with van der Waals surface area (Å²) in [5.74, 6) is 1.23. The highest BCUT2D eigenvalue weighted by atomic mass is 35.5. The van der Waals surface area contributed by atoms with E-state index in [2.05, 4.69) is 32.4 Å². The van der Waals surface area contributed by atoms with Crippen LogP contribution in [0.5, 0.6) is 0 Å². The van der Waals surface area contributed by atoms with Gasteiger partial charge in [-0.25, -0.2) is 9.97 Å². The van der Waals surface area contributed by atoms with Crippen molar-refractivity contribution in [3.8, 4) is 0 Å². The van der Waals surface area contributed by atoms with Crippen LogP contribution in [-0.2, 0) is 12.3 Å². The number of thiophene rings is 1. The molecular formula is C13H16ClN3S. The molecule has 0 saturated heterocycles. The number of hydrogen-bond donors (Lipinski definition) is 0. The van der Waals surface area contributed by atoms with Gasteiger partial charge in [-0.15, -0.1) is 22.9 Å². The zero-order valence-electron chi connectivity index (χ0n) is 10.6. The Balaban J connectivity index is 2.00. The first-order valence-corrected chi connectivity index (χ1v) is 7.24. The van der Waals surface area contributed by atoms with Gasteiger partial charge in [0.15, 0.2) is 0 Å². The summed E-state index contributed by atoms with van der Waals surface area (Å²) in [5, 5.41) is 2.10. The molecule has 0 amide bonds. The van der Waals surface area contributed by atoms with Gasteiger partial charge in [-0.1, -0.05) is 6.07 Å². The molecule has 0 aliphatic rings. The van der Waals surface area contributed by atoms with Gasteiger partial charge < -0.3 is 4.90 Å². The Morgan fingerprint density at radius 1 is 1.44 bits per heavy atom. The average Bonchev–Trinajstić information content (AvgIpc) is 2.89. The number of aromatic nitrogens is 2. The number of hydrogen-bond acceptors (Lipinski definition) is 4. The number of aryl methyl sites for hydroxylation is 1. The van der Waals surface area contributed by atoms with Gasteiger partial charge in [0.1, 0.15) is 0 Å². The summed E-state index contributed by atoms with van der Waals surface area (Å²) in [7, 11) is 2.02. The Kier molecular flexibility index (Phi) is 4.55. The lowest BCUT2D eigenvalue weighted by atomic mass is 10.3. The van der Waals surface area contributed by atoms with Crippen LogP contribution in [0.3, 0.4) is 0 Å². The summed E-state index contributed by atoms with van der Waals surface area (Å²) in [5.41, 5.74) is 1.95. The molecule has 0 bridgehead atoms. The molecule has 0 aliphatic heterocycles. The molecule has 96 valence electrons. The van der Waals surface area contributed by atoms with Crippen LogP contribution >= 0.6 is 22.9 Å². The van der Waals surface area contributed by atoms with Gasteiger partial charge in [-0.05, 0) is 24.8 Å². The second kappa shape index (κ2) is 6.16. The molecule has 0 spiro atoms. The first-order valence-electron chi connectivity index (χ1n) is 5.82. The van der Waals surface area contributed by atoms with Gasteiger partial charge in [0.05, 0.1) is 5.88 Å². The van der Waals surface area contributed by atoms with Crippen molar-refractivity contribution in [1.29, 1.82) is 0 Å². The second-order valence-electron chi connectivity index (χ2n) is 4.17. The van der Waals surface area contributed by atoms with E-state index in [1.165, 1.54) is 4.88 Å². The van der Waals surface area contributed by atoms with Gasteiger partial charge >= 0.3 is 0 Å². The van der Waals surface area contributed by atoms with Crippen molar-refractivity contribution >= 4 is 28.9 Å². The minimum absolute atomic E-state index is 0.463. The molecule has 3 nitrogen and oxygen atoms in total. The van der Waals surface area contributed by atoms with Crippen LogP contribution in [0.15, 0.2) is 23.7 Å². The minimum atomic E-state index is 0.463. The molecule has 2 aromatic heterocycles. The van der Waals surface area contributed by atoms with E-state index in [0.717, 1.165) is 30.2 Å². The van der Waals surface area contributed by atoms with Crippen LogP contribution in [0.25, 0.3) is 0 Å². The maximum atomic E-state index is 5.80.